The number of anilines is 1. The normalized spacial score (nSPS) is 11.3. The van der Waals surface area contributed by atoms with Crippen LogP contribution in [0.5, 0.6) is 11.5 Å². The fourth-order valence-electron chi connectivity index (χ4n) is 2.94. The second-order valence-electron chi connectivity index (χ2n) is 7.04. The molecular weight excluding hydrogens is 554 g/mol. The SMILES string of the molecule is CCOc1cc(/C=C(\C#N)C(=O)Nc2ccccc2)cc(Br)c1OS(=O)(=O)c1ccc([N+](=O)[O-])cc1. The van der Waals surface area contributed by atoms with Gasteiger partial charge in [0.15, 0.2) is 11.5 Å². The summed E-state index contributed by atoms with van der Waals surface area (Å²) in [5.41, 5.74) is 0.413. The number of amides is 1. The average Bonchev–Trinajstić information content (AvgIpc) is 2.85. The largest absolute Gasteiger partial charge is 0.490 e. The summed E-state index contributed by atoms with van der Waals surface area (Å²) in [6, 6.07) is 17.5. The number of nitro benzene ring substituents is 1. The lowest BCUT2D eigenvalue weighted by Gasteiger charge is -2.14. The van der Waals surface area contributed by atoms with Crippen molar-refractivity contribution in [1.82, 2.24) is 0 Å². The Morgan fingerprint density at radius 1 is 1.17 bits per heavy atom. The van der Waals surface area contributed by atoms with Crippen molar-refractivity contribution in [2.75, 3.05) is 11.9 Å². The van der Waals surface area contributed by atoms with Gasteiger partial charge >= 0.3 is 10.1 Å². The minimum Gasteiger partial charge on any atom is -0.490 e. The first-order valence-electron chi connectivity index (χ1n) is 10.3. The average molecular weight is 572 g/mol. The molecule has 0 bridgehead atoms. The molecule has 10 nitrogen and oxygen atoms in total. The number of hydrogen-bond acceptors (Lipinski definition) is 8. The van der Waals surface area contributed by atoms with Gasteiger partial charge in [-0.15, -0.1) is 0 Å². The van der Waals surface area contributed by atoms with E-state index in [0.29, 0.717) is 11.3 Å². The van der Waals surface area contributed by atoms with Crippen LogP contribution in [0.15, 0.2) is 81.7 Å². The Morgan fingerprint density at radius 3 is 2.42 bits per heavy atom. The topological polar surface area (TPSA) is 149 Å². The number of benzene rings is 3. The fraction of sp³-hybridized carbons (Fsp3) is 0.0833. The van der Waals surface area contributed by atoms with Crippen LogP contribution in [0.2, 0.25) is 0 Å². The van der Waals surface area contributed by atoms with Crippen molar-refractivity contribution in [1.29, 1.82) is 5.26 Å². The maximum atomic E-state index is 12.8. The van der Waals surface area contributed by atoms with Crippen LogP contribution in [0.4, 0.5) is 11.4 Å². The Labute approximate surface area is 215 Å². The predicted octanol–water partition coefficient (Wildman–Crippen LogP) is 5.07. The van der Waals surface area contributed by atoms with Gasteiger partial charge in [0.05, 0.1) is 16.0 Å². The van der Waals surface area contributed by atoms with Crippen molar-refractivity contribution in [3.05, 3.63) is 92.5 Å². The summed E-state index contributed by atoms with van der Waals surface area (Å²) < 4.78 is 36.6. The molecule has 36 heavy (non-hydrogen) atoms. The minimum atomic E-state index is -4.37. The minimum absolute atomic E-state index is 0.0318. The maximum Gasteiger partial charge on any atom is 0.339 e. The van der Waals surface area contributed by atoms with Gasteiger partial charge in [0, 0.05) is 17.8 Å². The van der Waals surface area contributed by atoms with Crippen molar-refractivity contribution in [2.45, 2.75) is 11.8 Å². The number of ether oxygens (including phenoxy) is 1. The number of nitrogens with zero attached hydrogens (tertiary/aromatic N) is 2. The third kappa shape index (κ3) is 6.47. The molecule has 0 heterocycles. The molecule has 3 rings (SSSR count). The first kappa shape index (κ1) is 26.4. The van der Waals surface area contributed by atoms with Crippen LogP contribution in [0.3, 0.4) is 0 Å². The standard InChI is InChI=1S/C24H18BrN3O7S/c1-2-34-22-14-16(12-17(15-26)24(29)27-18-6-4-3-5-7-18)13-21(25)23(22)35-36(32,33)20-10-8-19(9-11-20)28(30)31/h3-14H,2H2,1H3,(H,27,29)/b17-12+. The summed E-state index contributed by atoms with van der Waals surface area (Å²) in [6.45, 7) is 1.84. The van der Waals surface area contributed by atoms with Crippen molar-refractivity contribution in [3.8, 4) is 17.6 Å². The number of carbonyl (C=O) groups excluding carboxylic acids is 1. The van der Waals surface area contributed by atoms with E-state index < -0.39 is 20.9 Å². The van der Waals surface area contributed by atoms with E-state index in [9.17, 15) is 28.6 Å². The Bertz CT molecular complexity index is 1470. The number of nitro groups is 1. The monoisotopic (exact) mass is 571 g/mol. The number of nitriles is 1. The Hall–Kier alpha value is -4.21. The van der Waals surface area contributed by atoms with Crippen molar-refractivity contribution in [3.63, 3.8) is 0 Å². The molecule has 184 valence electrons. The van der Waals surface area contributed by atoms with Crippen LogP contribution < -0.4 is 14.2 Å². The van der Waals surface area contributed by atoms with E-state index in [1.807, 2.05) is 6.07 Å². The molecule has 0 aromatic heterocycles. The number of non-ortho nitro benzene ring substituents is 1. The fourth-order valence-corrected chi connectivity index (χ4v) is 4.55. The summed E-state index contributed by atoms with van der Waals surface area (Å²) in [7, 11) is -4.37. The van der Waals surface area contributed by atoms with Gasteiger partial charge in [0.25, 0.3) is 11.6 Å². The quantitative estimate of drug-likeness (QED) is 0.123. The van der Waals surface area contributed by atoms with Gasteiger partial charge in [-0.05, 0) is 70.9 Å². The third-order valence-electron chi connectivity index (χ3n) is 4.57. The van der Waals surface area contributed by atoms with E-state index >= 15 is 0 Å². The molecule has 0 aliphatic carbocycles. The molecule has 0 aliphatic rings. The first-order chi connectivity index (χ1) is 17.1. The zero-order chi connectivity index (χ0) is 26.3. The molecule has 0 saturated carbocycles. The van der Waals surface area contributed by atoms with Crippen LogP contribution >= 0.6 is 15.9 Å². The first-order valence-corrected chi connectivity index (χ1v) is 12.5. The molecule has 12 heteroatoms. The van der Waals surface area contributed by atoms with Crippen LogP contribution in [0.1, 0.15) is 12.5 Å². The molecule has 3 aromatic carbocycles. The van der Waals surface area contributed by atoms with Gasteiger partial charge in [-0.2, -0.15) is 13.7 Å². The van der Waals surface area contributed by atoms with Crippen molar-refractivity contribution >= 4 is 49.4 Å². The molecule has 0 radical (unpaired) electrons. The van der Waals surface area contributed by atoms with Gasteiger partial charge < -0.3 is 14.2 Å². The molecule has 0 saturated heterocycles. The van der Waals surface area contributed by atoms with Gasteiger partial charge in [-0.25, -0.2) is 0 Å². The van der Waals surface area contributed by atoms with Gasteiger partial charge in [-0.1, -0.05) is 18.2 Å². The highest BCUT2D eigenvalue weighted by Gasteiger charge is 2.23. The molecule has 1 amide bonds. The van der Waals surface area contributed by atoms with Crippen LogP contribution in [0, 0.1) is 21.4 Å². The zero-order valence-electron chi connectivity index (χ0n) is 18.7. The van der Waals surface area contributed by atoms with Crippen molar-refractivity contribution in [2.24, 2.45) is 0 Å². The number of nitrogens with one attached hydrogen (secondary N) is 1. The molecule has 0 atom stereocenters. The summed E-state index contributed by atoms with van der Waals surface area (Å²) in [4.78, 5) is 22.4. The molecule has 0 spiro atoms. The van der Waals surface area contributed by atoms with Crippen molar-refractivity contribution < 1.29 is 27.1 Å². The number of para-hydroxylation sites is 1. The summed E-state index contributed by atoms with van der Waals surface area (Å²) in [6.07, 6.45) is 1.32. The van der Waals surface area contributed by atoms with Gasteiger partial charge in [0.1, 0.15) is 16.5 Å². The second kappa shape index (κ2) is 11.5. The number of rotatable bonds is 9. The summed E-state index contributed by atoms with van der Waals surface area (Å²) in [5.74, 6) is -0.761. The van der Waals surface area contributed by atoms with Gasteiger partial charge in [-0.3, -0.25) is 14.9 Å². The third-order valence-corrected chi connectivity index (χ3v) is 6.39. The number of halogens is 1. The maximum absolute atomic E-state index is 12.8. The van der Waals surface area contributed by atoms with Crippen LogP contribution in [-0.4, -0.2) is 25.9 Å². The lowest BCUT2D eigenvalue weighted by molar-refractivity contribution is -0.384. The number of hydrogen-bond donors (Lipinski definition) is 1. The van der Waals surface area contributed by atoms with E-state index in [2.05, 4.69) is 21.2 Å². The molecule has 3 aromatic rings. The van der Waals surface area contributed by atoms with Crippen LogP contribution in [0.25, 0.3) is 6.08 Å². The summed E-state index contributed by atoms with van der Waals surface area (Å²) in [5, 5.41) is 22.9. The highest BCUT2D eigenvalue weighted by Crippen LogP contribution is 2.39. The molecule has 0 fully saturated rings. The highest BCUT2D eigenvalue weighted by atomic mass is 79.9. The Balaban J connectivity index is 1.93. The Morgan fingerprint density at radius 2 is 1.83 bits per heavy atom. The van der Waals surface area contributed by atoms with E-state index in [1.54, 1.807) is 37.3 Å². The lowest BCUT2D eigenvalue weighted by atomic mass is 10.1. The zero-order valence-corrected chi connectivity index (χ0v) is 21.1. The predicted molar refractivity (Wildman–Crippen MR) is 135 cm³/mol. The smallest absolute Gasteiger partial charge is 0.339 e. The molecule has 0 unspecified atom stereocenters. The van der Waals surface area contributed by atoms with E-state index in [-0.39, 0.29) is 38.7 Å². The number of carbonyl (C=O) groups is 1. The lowest BCUT2D eigenvalue weighted by Crippen LogP contribution is -2.13. The van der Waals surface area contributed by atoms with Gasteiger partial charge in [0.2, 0.25) is 0 Å². The van der Waals surface area contributed by atoms with Crippen LogP contribution in [-0.2, 0) is 14.9 Å². The molecular formula is C24H18BrN3O7S. The van der Waals surface area contributed by atoms with E-state index in [0.717, 1.165) is 24.3 Å². The Kier molecular flexibility index (Phi) is 8.42. The van der Waals surface area contributed by atoms with E-state index in [4.69, 9.17) is 8.92 Å². The second-order valence-corrected chi connectivity index (χ2v) is 9.44. The molecule has 0 aliphatic heterocycles. The molecule has 1 N–H and O–H groups in total. The summed E-state index contributed by atoms with van der Waals surface area (Å²) >= 11 is 3.26. The van der Waals surface area contributed by atoms with E-state index in [1.165, 1.54) is 18.2 Å². The highest BCUT2D eigenvalue weighted by molar-refractivity contribution is 9.10.